The quantitative estimate of drug-likeness (QED) is 0.262. The highest BCUT2D eigenvalue weighted by Crippen LogP contribution is 2.32. The minimum absolute atomic E-state index is 0.0235. The minimum atomic E-state index is -0.468. The van der Waals surface area contributed by atoms with Crippen molar-refractivity contribution >= 4 is 39.8 Å². The van der Waals surface area contributed by atoms with E-state index in [1.807, 2.05) is 6.20 Å². The van der Waals surface area contributed by atoms with Crippen LogP contribution in [0.3, 0.4) is 0 Å². The van der Waals surface area contributed by atoms with E-state index in [1.165, 1.54) is 24.3 Å². The van der Waals surface area contributed by atoms with E-state index >= 15 is 0 Å². The van der Waals surface area contributed by atoms with Gasteiger partial charge in [-0.1, -0.05) is 32.1 Å². The molecule has 9 nitrogen and oxygen atoms in total. The van der Waals surface area contributed by atoms with E-state index in [0.29, 0.717) is 30.3 Å². The molecule has 2 aromatic heterocycles. The van der Waals surface area contributed by atoms with Crippen molar-refractivity contribution in [2.75, 3.05) is 18.4 Å². The number of likely N-dealkylation sites (tertiary alicyclic amines) is 1. The summed E-state index contributed by atoms with van der Waals surface area (Å²) in [4.78, 5) is 33.9. The molecule has 0 radical (unpaired) electrons. The summed E-state index contributed by atoms with van der Waals surface area (Å²) in [5.74, 6) is 2.10. The van der Waals surface area contributed by atoms with Crippen molar-refractivity contribution in [1.29, 1.82) is 0 Å². The van der Waals surface area contributed by atoms with Gasteiger partial charge >= 0.3 is 0 Å². The predicted octanol–water partition coefficient (Wildman–Crippen LogP) is 5.35. The second kappa shape index (κ2) is 10.1. The van der Waals surface area contributed by atoms with E-state index in [2.05, 4.69) is 36.1 Å². The molecule has 4 rings (SSSR count). The molecule has 3 heterocycles. The van der Waals surface area contributed by atoms with Gasteiger partial charge in [0.1, 0.15) is 5.76 Å². The molecule has 0 aliphatic carbocycles. The van der Waals surface area contributed by atoms with Crippen LogP contribution in [0.4, 0.5) is 10.8 Å². The lowest BCUT2D eigenvalue weighted by molar-refractivity contribution is -0.384. The first-order valence-corrected chi connectivity index (χ1v) is 12.8. The van der Waals surface area contributed by atoms with Crippen LogP contribution in [0.15, 0.2) is 45.3 Å². The van der Waals surface area contributed by atoms with Crippen molar-refractivity contribution in [2.45, 2.75) is 55.0 Å². The number of rotatable bonds is 7. The average molecular weight is 502 g/mol. The van der Waals surface area contributed by atoms with Gasteiger partial charge in [-0.25, -0.2) is 9.97 Å². The molecule has 1 aromatic carbocycles. The fraction of sp³-hybridized carbons (Fsp3) is 0.435. The summed E-state index contributed by atoms with van der Waals surface area (Å²) in [6, 6.07) is 5.86. The van der Waals surface area contributed by atoms with Gasteiger partial charge in [-0.05, 0) is 25.0 Å². The highest BCUT2D eigenvalue weighted by atomic mass is 32.2. The van der Waals surface area contributed by atoms with E-state index in [-0.39, 0.29) is 23.1 Å². The fourth-order valence-electron chi connectivity index (χ4n) is 3.61. The van der Waals surface area contributed by atoms with Crippen molar-refractivity contribution in [1.82, 2.24) is 14.9 Å². The molecule has 0 saturated carbocycles. The summed E-state index contributed by atoms with van der Waals surface area (Å²) in [5, 5.41) is 15.1. The SMILES string of the molecule is CC(C)(C)c1cnc(CSc2cnc(N[C@@H]3CCCN(C(=O)c4ccc([N+](=O)[O-])cc4)C3)s2)o1. The Kier molecular flexibility index (Phi) is 7.22. The van der Waals surface area contributed by atoms with Crippen molar-refractivity contribution in [2.24, 2.45) is 0 Å². The Bertz CT molecular complexity index is 1150. The highest BCUT2D eigenvalue weighted by molar-refractivity contribution is 8.00. The summed E-state index contributed by atoms with van der Waals surface area (Å²) in [5.41, 5.74) is 0.371. The largest absolute Gasteiger partial charge is 0.444 e. The Hall–Kier alpha value is -2.92. The van der Waals surface area contributed by atoms with E-state index < -0.39 is 4.92 Å². The molecule has 1 aliphatic heterocycles. The van der Waals surface area contributed by atoms with Crippen LogP contribution in [-0.2, 0) is 11.2 Å². The third-order valence-corrected chi connectivity index (χ3v) is 7.58. The molecule has 0 bridgehead atoms. The van der Waals surface area contributed by atoms with E-state index in [9.17, 15) is 14.9 Å². The maximum atomic E-state index is 12.9. The molecule has 1 atom stereocenters. The number of nitro benzene ring substituents is 1. The number of hydrogen-bond acceptors (Lipinski definition) is 9. The number of oxazole rings is 1. The maximum Gasteiger partial charge on any atom is 0.269 e. The number of aromatic nitrogens is 2. The Morgan fingerprint density at radius 1 is 1.29 bits per heavy atom. The normalized spacial score (nSPS) is 16.4. The standard InChI is InChI=1S/C23H27N5O4S2/c1-23(2,3)18-11-24-19(32-18)14-33-20-12-25-22(34-20)26-16-5-4-10-27(13-16)21(29)15-6-8-17(9-7-15)28(30)31/h6-9,11-12,16H,4-5,10,13-14H2,1-3H3,(H,25,26)/t16-/m1/s1. The van der Waals surface area contributed by atoms with Gasteiger partial charge in [0.25, 0.3) is 11.6 Å². The summed E-state index contributed by atoms with van der Waals surface area (Å²) in [6.45, 7) is 7.51. The monoisotopic (exact) mass is 501 g/mol. The molecule has 1 saturated heterocycles. The van der Waals surface area contributed by atoms with Gasteiger partial charge < -0.3 is 14.6 Å². The van der Waals surface area contributed by atoms with Crippen LogP contribution in [0.25, 0.3) is 0 Å². The van der Waals surface area contributed by atoms with Crippen LogP contribution < -0.4 is 5.32 Å². The zero-order chi connectivity index (χ0) is 24.3. The number of nitrogens with one attached hydrogen (secondary N) is 1. The zero-order valence-electron chi connectivity index (χ0n) is 19.3. The molecular weight excluding hydrogens is 474 g/mol. The molecule has 180 valence electrons. The number of hydrogen-bond donors (Lipinski definition) is 1. The van der Waals surface area contributed by atoms with E-state index in [1.54, 1.807) is 34.2 Å². The Morgan fingerprint density at radius 3 is 2.74 bits per heavy atom. The first kappa shape index (κ1) is 24.2. The predicted molar refractivity (Wildman–Crippen MR) is 133 cm³/mol. The molecule has 0 spiro atoms. The second-order valence-corrected chi connectivity index (χ2v) is 11.5. The number of carbonyl (C=O) groups is 1. The molecule has 11 heteroatoms. The number of thioether (sulfide) groups is 1. The zero-order valence-corrected chi connectivity index (χ0v) is 20.9. The number of thiazole rings is 1. The van der Waals surface area contributed by atoms with Gasteiger partial charge in [-0.3, -0.25) is 14.9 Å². The topological polar surface area (TPSA) is 114 Å². The number of nitrogens with zero attached hydrogens (tertiary/aromatic N) is 4. The van der Waals surface area contributed by atoms with Gasteiger partial charge in [0, 0.05) is 42.2 Å². The van der Waals surface area contributed by atoms with Crippen LogP contribution in [0.5, 0.6) is 0 Å². The molecule has 1 amide bonds. The van der Waals surface area contributed by atoms with Crippen LogP contribution >= 0.6 is 23.1 Å². The van der Waals surface area contributed by atoms with Crippen molar-refractivity contribution in [3.8, 4) is 0 Å². The third kappa shape index (κ3) is 5.95. The highest BCUT2D eigenvalue weighted by Gasteiger charge is 2.25. The molecule has 1 aliphatic rings. The molecular formula is C23H27N5O4S2. The van der Waals surface area contributed by atoms with Gasteiger partial charge in [0.05, 0.1) is 27.3 Å². The summed E-state index contributed by atoms with van der Waals surface area (Å²) >= 11 is 3.21. The minimum Gasteiger partial charge on any atom is -0.444 e. The van der Waals surface area contributed by atoms with E-state index in [0.717, 1.165) is 27.9 Å². The number of carbonyl (C=O) groups excluding carboxylic acids is 1. The molecule has 1 N–H and O–H groups in total. The molecule has 34 heavy (non-hydrogen) atoms. The first-order valence-electron chi connectivity index (χ1n) is 11.0. The maximum absolute atomic E-state index is 12.9. The van der Waals surface area contributed by atoms with Gasteiger partial charge in [-0.15, -0.1) is 11.8 Å². The van der Waals surface area contributed by atoms with Crippen molar-refractivity contribution < 1.29 is 14.1 Å². The summed E-state index contributed by atoms with van der Waals surface area (Å²) in [7, 11) is 0. The summed E-state index contributed by atoms with van der Waals surface area (Å²) in [6.07, 6.45) is 5.46. The lowest BCUT2D eigenvalue weighted by Crippen LogP contribution is -2.45. The van der Waals surface area contributed by atoms with E-state index in [4.69, 9.17) is 4.42 Å². The summed E-state index contributed by atoms with van der Waals surface area (Å²) < 4.78 is 6.92. The molecule has 3 aromatic rings. The lowest BCUT2D eigenvalue weighted by Gasteiger charge is -2.33. The number of piperidine rings is 1. The number of non-ortho nitro benzene ring substituents is 1. The van der Waals surface area contributed by atoms with Gasteiger partial charge in [0.2, 0.25) is 5.89 Å². The number of benzene rings is 1. The first-order chi connectivity index (χ1) is 16.2. The van der Waals surface area contributed by atoms with Crippen LogP contribution in [-0.4, -0.2) is 44.8 Å². The van der Waals surface area contributed by atoms with Gasteiger partial charge in [0.15, 0.2) is 5.13 Å². The third-order valence-electron chi connectivity index (χ3n) is 5.48. The Morgan fingerprint density at radius 2 is 2.06 bits per heavy atom. The smallest absolute Gasteiger partial charge is 0.269 e. The number of anilines is 1. The van der Waals surface area contributed by atoms with Crippen LogP contribution in [0.1, 0.15) is 55.6 Å². The number of amides is 1. The molecule has 1 fully saturated rings. The van der Waals surface area contributed by atoms with Crippen LogP contribution in [0.2, 0.25) is 0 Å². The molecule has 0 unspecified atom stereocenters. The lowest BCUT2D eigenvalue weighted by atomic mass is 9.94. The van der Waals surface area contributed by atoms with Crippen molar-refractivity contribution in [3.05, 3.63) is 64.0 Å². The Balaban J connectivity index is 1.30. The van der Waals surface area contributed by atoms with Gasteiger partial charge in [-0.2, -0.15) is 0 Å². The Labute approximate surface area is 206 Å². The second-order valence-electron chi connectivity index (χ2n) is 9.18. The number of nitro groups is 1. The average Bonchev–Trinajstić information content (AvgIpc) is 3.47. The fourth-order valence-corrected chi connectivity index (χ4v) is 5.41. The van der Waals surface area contributed by atoms with Crippen molar-refractivity contribution in [3.63, 3.8) is 0 Å². The van der Waals surface area contributed by atoms with Crippen LogP contribution in [0, 0.1) is 10.1 Å².